The second-order valence-electron chi connectivity index (χ2n) is 13.1. The van der Waals surface area contributed by atoms with Crippen molar-refractivity contribution >= 4 is 74.0 Å². The van der Waals surface area contributed by atoms with Crippen LogP contribution < -0.4 is 9.41 Å². The molecule has 4 nitrogen and oxygen atoms in total. The SMILES string of the molecule is COc1ccc2ccccc2c1[C@@H](c1ccc(Cl)cc1)N([C@H](C)c1ccccc1)p1oc2ccc3ccccc3c2c2c(ccc3ccccc32)o1. The van der Waals surface area contributed by atoms with Crippen molar-refractivity contribution in [3.05, 3.63) is 186 Å². The summed E-state index contributed by atoms with van der Waals surface area (Å²) in [7, 11) is -0.0908. The zero-order valence-electron chi connectivity index (χ0n) is 28.7. The Balaban J connectivity index is 1.45. The molecule has 8 aromatic carbocycles. The molecule has 0 aliphatic carbocycles. The van der Waals surface area contributed by atoms with Crippen molar-refractivity contribution in [2.75, 3.05) is 11.8 Å². The van der Waals surface area contributed by atoms with Crippen molar-refractivity contribution in [1.82, 2.24) is 0 Å². The summed E-state index contributed by atoms with van der Waals surface area (Å²) in [4.78, 5) is 0. The minimum Gasteiger partial charge on any atom is -0.496 e. The van der Waals surface area contributed by atoms with E-state index in [0.717, 1.165) is 76.7 Å². The van der Waals surface area contributed by atoms with E-state index in [4.69, 9.17) is 24.7 Å². The highest BCUT2D eigenvalue weighted by molar-refractivity contribution is 7.39. The highest BCUT2D eigenvalue weighted by Crippen LogP contribution is 2.52. The van der Waals surface area contributed by atoms with Crippen LogP contribution in [0.25, 0.3) is 54.3 Å². The maximum Gasteiger partial charge on any atom is 0.311 e. The van der Waals surface area contributed by atoms with Gasteiger partial charge in [-0.2, -0.15) is 4.67 Å². The first kappa shape index (κ1) is 32.4. The summed E-state index contributed by atoms with van der Waals surface area (Å²) >= 11 is 6.55. The molecule has 0 N–H and O–H groups in total. The van der Waals surface area contributed by atoms with E-state index < -0.39 is 8.16 Å². The molecule has 1 aromatic heterocycles. The van der Waals surface area contributed by atoms with Crippen molar-refractivity contribution in [2.24, 2.45) is 0 Å². The molecule has 0 saturated heterocycles. The summed E-state index contributed by atoms with van der Waals surface area (Å²) in [5.74, 6) is 0.784. The van der Waals surface area contributed by atoms with Crippen molar-refractivity contribution in [3.63, 3.8) is 0 Å². The minimum atomic E-state index is -1.83. The van der Waals surface area contributed by atoms with E-state index in [2.05, 4.69) is 163 Å². The molecule has 0 aliphatic heterocycles. The van der Waals surface area contributed by atoms with Gasteiger partial charge in [-0.25, -0.2) is 0 Å². The van der Waals surface area contributed by atoms with Gasteiger partial charge in [-0.3, -0.25) is 0 Å². The van der Waals surface area contributed by atoms with Crippen LogP contribution in [0.3, 0.4) is 0 Å². The molecule has 2 atom stereocenters. The van der Waals surface area contributed by atoms with Crippen molar-refractivity contribution in [2.45, 2.75) is 19.0 Å². The molecule has 52 heavy (non-hydrogen) atoms. The molecule has 0 unspecified atom stereocenters. The number of fused-ring (bicyclic) bond motifs is 8. The molecule has 0 amide bonds. The quantitative estimate of drug-likeness (QED) is 0.165. The largest absolute Gasteiger partial charge is 0.496 e. The highest BCUT2D eigenvalue weighted by Gasteiger charge is 2.36. The van der Waals surface area contributed by atoms with Gasteiger partial charge in [0.25, 0.3) is 0 Å². The normalized spacial score (nSPS) is 12.9. The topological polar surface area (TPSA) is 38.8 Å². The van der Waals surface area contributed by atoms with Crippen LogP contribution in [0.2, 0.25) is 5.02 Å². The molecule has 6 heteroatoms. The monoisotopic (exact) mass is 715 g/mol. The van der Waals surface area contributed by atoms with Gasteiger partial charge in [0.05, 0.1) is 13.2 Å². The summed E-state index contributed by atoms with van der Waals surface area (Å²) in [5, 5.41) is 9.47. The molecule has 0 saturated carbocycles. The molecule has 254 valence electrons. The Labute approximate surface area is 308 Å². The predicted molar refractivity (Wildman–Crippen MR) is 218 cm³/mol. The van der Waals surface area contributed by atoms with Gasteiger partial charge in [0.1, 0.15) is 16.9 Å². The van der Waals surface area contributed by atoms with Gasteiger partial charge in [0.15, 0.2) is 0 Å². The molecule has 0 bridgehead atoms. The Morgan fingerprint density at radius 3 is 1.62 bits per heavy atom. The van der Waals surface area contributed by atoms with E-state index in [9.17, 15) is 0 Å². The lowest BCUT2D eigenvalue weighted by Crippen LogP contribution is -2.30. The van der Waals surface area contributed by atoms with Crippen LogP contribution in [0.1, 0.15) is 35.7 Å². The number of benzene rings is 8. The Bertz CT molecular complexity index is 2680. The third kappa shape index (κ3) is 5.61. The van der Waals surface area contributed by atoms with Gasteiger partial charge >= 0.3 is 8.16 Å². The third-order valence-electron chi connectivity index (χ3n) is 10.1. The molecule has 0 radical (unpaired) electrons. The minimum absolute atomic E-state index is 0.164. The average Bonchev–Trinajstić information content (AvgIpc) is 3.37. The molecule has 0 aliphatic rings. The van der Waals surface area contributed by atoms with Crippen molar-refractivity contribution < 1.29 is 13.1 Å². The summed E-state index contributed by atoms with van der Waals surface area (Å²) in [6.45, 7) is 2.23. The number of hydrogen-bond acceptors (Lipinski definition) is 4. The first-order chi connectivity index (χ1) is 25.6. The number of methoxy groups -OCH3 is 1. The van der Waals surface area contributed by atoms with Crippen LogP contribution in [0.4, 0.5) is 0 Å². The lowest BCUT2D eigenvalue weighted by Gasteiger charge is -2.35. The third-order valence-corrected chi connectivity index (χ3v) is 12.0. The number of ether oxygens (including phenoxy) is 1. The van der Waals surface area contributed by atoms with Crippen molar-refractivity contribution in [1.29, 1.82) is 0 Å². The van der Waals surface area contributed by atoms with Crippen LogP contribution in [0, 0.1) is 0 Å². The lowest BCUT2D eigenvalue weighted by molar-refractivity contribution is 0.407. The first-order valence-electron chi connectivity index (χ1n) is 17.4. The number of hydrogen-bond donors (Lipinski definition) is 0. The zero-order valence-corrected chi connectivity index (χ0v) is 30.4. The summed E-state index contributed by atoms with van der Waals surface area (Å²) in [5.41, 5.74) is 4.77. The fourth-order valence-corrected chi connectivity index (χ4v) is 9.47. The average molecular weight is 716 g/mol. The maximum absolute atomic E-state index is 7.34. The molecule has 0 spiro atoms. The Hall–Kier alpha value is -5.51. The highest BCUT2D eigenvalue weighted by atomic mass is 35.5. The van der Waals surface area contributed by atoms with Gasteiger partial charge in [0.2, 0.25) is 0 Å². The molecule has 0 fully saturated rings. The number of rotatable bonds is 7. The van der Waals surface area contributed by atoms with E-state index in [1.54, 1.807) is 7.11 Å². The first-order valence-corrected chi connectivity index (χ1v) is 18.9. The summed E-state index contributed by atoms with van der Waals surface area (Å²) < 4.78 is 23.3. The van der Waals surface area contributed by atoms with Gasteiger partial charge in [-0.05, 0) is 80.7 Å². The van der Waals surface area contributed by atoms with Crippen molar-refractivity contribution in [3.8, 4) is 5.75 Å². The fraction of sp³-hybridized carbons (Fsp3) is 0.0870. The van der Waals surface area contributed by atoms with E-state index in [-0.39, 0.29) is 12.1 Å². The Kier molecular flexibility index (Phi) is 8.45. The standard InChI is InChI=1S/C46H35ClNO3P/c1-30(31-12-4-3-5-13-31)48(46(35-20-25-36(47)26-21-35)45-39-19-11-8-16-34(39)22-27-40(45)49-2)52-50-41-28-23-32-14-6-9-17-37(32)43(41)44-38-18-10-7-15-33(38)24-29-42(44)51-52/h3-30,46H,1-2H3/t30-,46-/m1/s1. The number of nitrogens with zero attached hydrogens (tertiary/aromatic N) is 1. The lowest BCUT2D eigenvalue weighted by atomic mass is 9.91. The summed E-state index contributed by atoms with van der Waals surface area (Å²) in [6, 6.07) is 56.3. The molecule has 9 rings (SSSR count). The second kappa shape index (κ2) is 13.6. The van der Waals surface area contributed by atoms with E-state index in [0.29, 0.717) is 5.02 Å². The van der Waals surface area contributed by atoms with Gasteiger partial charge < -0.3 is 13.1 Å². The second-order valence-corrected chi connectivity index (χ2v) is 14.8. The van der Waals surface area contributed by atoms with Crippen LogP contribution in [-0.2, 0) is 0 Å². The number of halogens is 1. The van der Waals surface area contributed by atoms with E-state index in [1.807, 2.05) is 12.1 Å². The van der Waals surface area contributed by atoms with E-state index in [1.165, 1.54) is 0 Å². The molecular weight excluding hydrogens is 681 g/mol. The molecule has 9 aromatic rings. The van der Waals surface area contributed by atoms with Gasteiger partial charge in [0, 0.05) is 27.4 Å². The van der Waals surface area contributed by atoms with Crippen LogP contribution in [0.5, 0.6) is 5.75 Å². The smallest absolute Gasteiger partial charge is 0.311 e. The molecule has 1 heterocycles. The fourth-order valence-electron chi connectivity index (χ4n) is 7.63. The maximum atomic E-state index is 7.34. The summed E-state index contributed by atoms with van der Waals surface area (Å²) in [6.07, 6.45) is 0. The Morgan fingerprint density at radius 2 is 1.04 bits per heavy atom. The van der Waals surface area contributed by atoms with Gasteiger partial charge in [-0.15, -0.1) is 0 Å². The predicted octanol–water partition coefficient (Wildman–Crippen LogP) is 13.9. The Morgan fingerprint density at radius 1 is 0.538 bits per heavy atom. The van der Waals surface area contributed by atoms with E-state index >= 15 is 0 Å². The van der Waals surface area contributed by atoms with Crippen LogP contribution in [0.15, 0.2) is 172 Å². The van der Waals surface area contributed by atoms with Crippen LogP contribution >= 0.6 is 19.8 Å². The van der Waals surface area contributed by atoms with Gasteiger partial charge in [-0.1, -0.05) is 145 Å². The molecular formula is C46H35ClNO3P. The van der Waals surface area contributed by atoms with Crippen LogP contribution in [-0.4, -0.2) is 7.11 Å². The zero-order chi connectivity index (χ0) is 35.2.